The molecule has 0 radical (unpaired) electrons. The van der Waals surface area contributed by atoms with Crippen LogP contribution in [0.1, 0.15) is 29.8 Å². The number of carbonyl (C=O) groups excluding carboxylic acids is 3. The van der Waals surface area contributed by atoms with Crippen LogP contribution in [0.2, 0.25) is 0 Å². The maximum atomic E-state index is 13.2. The van der Waals surface area contributed by atoms with Crippen molar-refractivity contribution in [3.8, 4) is 5.75 Å². The zero-order valence-corrected chi connectivity index (χ0v) is 16.5. The third kappa shape index (κ3) is 2.29. The summed E-state index contributed by atoms with van der Waals surface area (Å²) in [6.45, 7) is 2.55. The number of aliphatic hydroxyl groups is 5. The molecular weight excluding hydrogens is 410 g/mol. The number of benzene rings is 1. The third-order valence-corrected chi connectivity index (χ3v) is 6.83. The number of carbonyl (C=O) groups is 3. The number of aromatic hydroxyl groups is 1. The number of Topliss-reactive ketones (excluding diaryl/α,β-unsaturated/α-hetero) is 2. The molecule has 1 amide bonds. The molecule has 3 aliphatic carbocycles. The van der Waals surface area contributed by atoms with Crippen LogP contribution in [0.5, 0.6) is 5.75 Å². The number of rotatable bonds is 1. The smallest absolute Gasteiger partial charge is 0.255 e. The van der Waals surface area contributed by atoms with E-state index in [9.17, 15) is 45.0 Å². The summed E-state index contributed by atoms with van der Waals surface area (Å²) >= 11 is 0. The Morgan fingerprint density at radius 1 is 1.13 bits per heavy atom. The molecule has 0 spiro atoms. The molecule has 6 atom stereocenters. The highest BCUT2D eigenvalue weighted by Gasteiger charge is 2.68. The van der Waals surface area contributed by atoms with Crippen LogP contribution in [0.3, 0.4) is 0 Å². The summed E-state index contributed by atoms with van der Waals surface area (Å²) in [6, 6.07) is 3.93. The number of phenols is 1. The normalized spacial score (nSPS) is 37.3. The minimum Gasteiger partial charge on any atom is -0.511 e. The quantitative estimate of drug-likeness (QED) is 0.285. The predicted octanol–water partition coefficient (Wildman–Crippen LogP) is -0.538. The van der Waals surface area contributed by atoms with Crippen LogP contribution in [-0.2, 0) is 15.2 Å². The van der Waals surface area contributed by atoms with Crippen LogP contribution in [0, 0.1) is 17.8 Å². The summed E-state index contributed by atoms with van der Waals surface area (Å²) in [5.41, 5.74) is -1.81. The van der Waals surface area contributed by atoms with E-state index in [1.54, 1.807) is 0 Å². The van der Waals surface area contributed by atoms with E-state index in [0.29, 0.717) is 0 Å². The molecule has 1 aromatic carbocycles. The first-order valence-electron chi connectivity index (χ1n) is 9.50. The molecule has 0 aromatic heterocycles. The number of fused-ring (bicyclic) bond motifs is 3. The lowest BCUT2D eigenvalue weighted by Crippen LogP contribution is -2.66. The zero-order chi connectivity index (χ0) is 23.2. The van der Waals surface area contributed by atoms with Gasteiger partial charge in [0.1, 0.15) is 22.8 Å². The van der Waals surface area contributed by atoms with Gasteiger partial charge >= 0.3 is 0 Å². The molecule has 0 aliphatic heterocycles. The lowest BCUT2D eigenvalue weighted by molar-refractivity contribution is -0.171. The first kappa shape index (κ1) is 21.0. The molecule has 3 aliphatic rings. The van der Waals surface area contributed by atoms with Crippen LogP contribution in [0.4, 0.5) is 0 Å². The topological polar surface area (TPSA) is 199 Å². The fourth-order valence-corrected chi connectivity index (χ4v) is 5.36. The van der Waals surface area contributed by atoms with Gasteiger partial charge in [-0.25, -0.2) is 0 Å². The lowest BCUT2D eigenvalue weighted by atomic mass is 9.53. The molecular formula is C21H21NO9. The van der Waals surface area contributed by atoms with E-state index in [2.05, 4.69) is 0 Å². The van der Waals surface area contributed by atoms with Crippen LogP contribution < -0.4 is 5.73 Å². The van der Waals surface area contributed by atoms with E-state index in [1.807, 2.05) is 0 Å². The van der Waals surface area contributed by atoms with Crippen molar-refractivity contribution < 1.29 is 45.0 Å². The number of amides is 1. The molecule has 31 heavy (non-hydrogen) atoms. The molecule has 8 N–H and O–H groups in total. The highest BCUT2D eigenvalue weighted by Crippen LogP contribution is 2.57. The zero-order valence-electron chi connectivity index (χ0n) is 16.5. The second-order valence-corrected chi connectivity index (χ2v) is 8.44. The summed E-state index contributed by atoms with van der Waals surface area (Å²) in [5, 5.41) is 65.4. The van der Waals surface area contributed by atoms with Crippen molar-refractivity contribution in [2.24, 2.45) is 23.5 Å². The molecule has 10 nitrogen and oxygen atoms in total. The van der Waals surface area contributed by atoms with Gasteiger partial charge in [0.05, 0.1) is 28.8 Å². The van der Waals surface area contributed by atoms with E-state index in [1.165, 1.54) is 32.0 Å². The van der Waals surface area contributed by atoms with Crippen LogP contribution in [-0.4, -0.2) is 59.8 Å². The lowest BCUT2D eigenvalue weighted by Gasteiger charge is -2.53. The maximum Gasteiger partial charge on any atom is 0.255 e. The highest BCUT2D eigenvalue weighted by molar-refractivity contribution is 6.24. The van der Waals surface area contributed by atoms with Gasteiger partial charge in [-0.05, 0) is 18.6 Å². The van der Waals surface area contributed by atoms with Crippen molar-refractivity contribution in [2.45, 2.75) is 31.2 Å². The van der Waals surface area contributed by atoms with Crippen LogP contribution in [0.15, 0.2) is 40.9 Å². The number of phenolic OH excluding ortho intramolecular Hbond substituents is 1. The van der Waals surface area contributed by atoms with Crippen molar-refractivity contribution in [3.63, 3.8) is 0 Å². The monoisotopic (exact) mass is 431 g/mol. The number of nitrogens with two attached hydrogens (primary N) is 1. The molecule has 6 unspecified atom stereocenters. The van der Waals surface area contributed by atoms with Gasteiger partial charge in [-0.3, -0.25) is 14.4 Å². The summed E-state index contributed by atoms with van der Waals surface area (Å²) in [7, 11) is 0. The molecule has 164 valence electrons. The number of ketones is 2. The first-order chi connectivity index (χ1) is 14.3. The van der Waals surface area contributed by atoms with E-state index in [0.717, 1.165) is 0 Å². The minimum atomic E-state index is -2.96. The van der Waals surface area contributed by atoms with E-state index >= 15 is 0 Å². The number of hydrogen-bond donors (Lipinski definition) is 7. The van der Waals surface area contributed by atoms with Gasteiger partial charge in [0.2, 0.25) is 5.78 Å². The summed E-state index contributed by atoms with van der Waals surface area (Å²) in [6.07, 6.45) is -1.82. The molecule has 0 saturated carbocycles. The third-order valence-electron chi connectivity index (χ3n) is 6.83. The van der Waals surface area contributed by atoms with Crippen molar-refractivity contribution in [1.29, 1.82) is 0 Å². The molecule has 0 bridgehead atoms. The number of aliphatic hydroxyl groups excluding tert-OH is 3. The molecule has 10 heteroatoms. The Bertz CT molecular complexity index is 1130. The van der Waals surface area contributed by atoms with Crippen molar-refractivity contribution in [1.82, 2.24) is 0 Å². The fraction of sp³-hybridized carbons (Fsp3) is 0.381. The van der Waals surface area contributed by atoms with Crippen molar-refractivity contribution in [2.75, 3.05) is 0 Å². The molecule has 1 aromatic rings. The molecule has 4 rings (SSSR count). The Morgan fingerprint density at radius 3 is 2.32 bits per heavy atom. The highest BCUT2D eigenvalue weighted by atomic mass is 16.4. The second-order valence-electron chi connectivity index (χ2n) is 8.44. The first-order valence-corrected chi connectivity index (χ1v) is 9.50. The average Bonchev–Trinajstić information content (AvgIpc) is 2.67. The van der Waals surface area contributed by atoms with E-state index in [-0.39, 0.29) is 11.1 Å². The number of primary amides is 1. The van der Waals surface area contributed by atoms with Crippen molar-refractivity contribution in [3.05, 3.63) is 52.0 Å². The van der Waals surface area contributed by atoms with E-state index < -0.39 is 80.9 Å². The Morgan fingerprint density at radius 2 is 1.74 bits per heavy atom. The number of allylic oxidation sites excluding steroid dienone is 1. The largest absolute Gasteiger partial charge is 0.511 e. The van der Waals surface area contributed by atoms with Crippen LogP contribution >= 0.6 is 0 Å². The van der Waals surface area contributed by atoms with Crippen LogP contribution in [0.25, 0.3) is 0 Å². The molecule has 0 saturated heterocycles. The fourth-order valence-electron chi connectivity index (χ4n) is 5.36. The van der Waals surface area contributed by atoms with Crippen molar-refractivity contribution >= 4 is 17.5 Å². The van der Waals surface area contributed by atoms with Gasteiger partial charge in [0.15, 0.2) is 11.4 Å². The van der Waals surface area contributed by atoms with Gasteiger partial charge in [0, 0.05) is 11.8 Å². The Hall–Kier alpha value is -3.21. The molecule has 0 heterocycles. The maximum absolute atomic E-state index is 13.2. The predicted molar refractivity (Wildman–Crippen MR) is 103 cm³/mol. The number of hydrogen-bond acceptors (Lipinski definition) is 9. The minimum absolute atomic E-state index is 0.0177. The SMILES string of the molecule is CC1C(O)=C(C(N)=O)C(=O)C2(O)C(O)=C3C(=O)c4c(O)cccc4C(C)(O)C3C(O)C12. The van der Waals surface area contributed by atoms with E-state index in [4.69, 9.17) is 5.73 Å². The average molecular weight is 431 g/mol. The Balaban J connectivity index is 2.08. The summed E-state index contributed by atoms with van der Waals surface area (Å²) in [4.78, 5) is 38.0. The van der Waals surface area contributed by atoms with Gasteiger partial charge < -0.3 is 36.4 Å². The van der Waals surface area contributed by atoms with Gasteiger partial charge in [-0.15, -0.1) is 0 Å². The summed E-state index contributed by atoms with van der Waals surface area (Å²) < 4.78 is 0. The van der Waals surface area contributed by atoms with Gasteiger partial charge in [-0.2, -0.15) is 0 Å². The second kappa shape index (κ2) is 6.16. The summed E-state index contributed by atoms with van der Waals surface area (Å²) in [5.74, 6) is -10.7. The Kier molecular flexibility index (Phi) is 4.18. The molecule has 0 fully saturated rings. The van der Waals surface area contributed by atoms with Gasteiger partial charge in [0.25, 0.3) is 5.91 Å². The Labute approximate surface area is 175 Å². The van der Waals surface area contributed by atoms with Gasteiger partial charge in [-0.1, -0.05) is 19.1 Å². The standard InChI is InChI=1S/C21H21NO9/c1-6-12-16(26)13-10(15(25)9-7(20(13,2)30)4-3-5-8(9)23)17(27)21(12,31)18(28)11(14(6)24)19(22)29/h3-6,12-13,16,23-24,26-27,30-31H,1-2H3,(H2,22,29).